The van der Waals surface area contributed by atoms with Crippen LogP contribution in [0, 0.1) is 0 Å². The van der Waals surface area contributed by atoms with Crippen molar-refractivity contribution in [3.05, 3.63) is 53.0 Å². The predicted octanol–water partition coefficient (Wildman–Crippen LogP) is 1.76. The van der Waals surface area contributed by atoms with Gasteiger partial charge >= 0.3 is 5.76 Å². The Hall–Kier alpha value is -2.18. The molecule has 6 nitrogen and oxygen atoms in total. The molecule has 0 aliphatic rings. The molecule has 0 saturated heterocycles. The van der Waals surface area contributed by atoms with Gasteiger partial charge in [0.15, 0.2) is 5.82 Å². The van der Waals surface area contributed by atoms with Gasteiger partial charge in [-0.1, -0.05) is 54.6 Å². The summed E-state index contributed by atoms with van der Waals surface area (Å²) in [7, 11) is 0. The van der Waals surface area contributed by atoms with Crippen molar-refractivity contribution in [3.63, 3.8) is 0 Å². The third-order valence-electron chi connectivity index (χ3n) is 3.52. The Kier molecular flexibility index (Phi) is 5.90. The zero-order valence-electron chi connectivity index (χ0n) is 13.6. The van der Waals surface area contributed by atoms with Crippen LogP contribution in [0.2, 0.25) is 0 Å². The van der Waals surface area contributed by atoms with Crippen LogP contribution in [-0.2, 0) is 6.54 Å². The van der Waals surface area contributed by atoms with Crippen LogP contribution in [0.5, 0.6) is 0 Å². The van der Waals surface area contributed by atoms with Crippen LogP contribution in [0.3, 0.4) is 0 Å². The van der Waals surface area contributed by atoms with Gasteiger partial charge in [-0.05, 0) is 13.5 Å². The van der Waals surface area contributed by atoms with Gasteiger partial charge in [0.1, 0.15) is 0 Å². The third kappa shape index (κ3) is 4.64. The van der Waals surface area contributed by atoms with E-state index in [0.29, 0.717) is 12.4 Å². The van der Waals surface area contributed by atoms with E-state index in [4.69, 9.17) is 4.52 Å². The molecule has 0 spiro atoms. The molecule has 0 saturated carbocycles. The van der Waals surface area contributed by atoms with E-state index in [0.717, 1.165) is 24.2 Å². The number of nitrogens with zero attached hydrogens (tertiary/aromatic N) is 3. The number of aromatic nitrogens is 2. The average Bonchev–Trinajstić information content (AvgIpc) is 2.88. The first-order valence-electron chi connectivity index (χ1n) is 7.68. The molecule has 6 heteroatoms. The Morgan fingerprint density at radius 3 is 2.74 bits per heavy atom. The fourth-order valence-electron chi connectivity index (χ4n) is 2.48. The number of aliphatic hydroxyl groups is 1. The minimum absolute atomic E-state index is 0.138. The number of benzene rings is 1. The van der Waals surface area contributed by atoms with Gasteiger partial charge in [-0.15, -0.1) is 0 Å². The topological polar surface area (TPSA) is 71.5 Å². The van der Waals surface area contributed by atoms with E-state index in [9.17, 15) is 9.90 Å². The molecular formula is C17H23N3O3. The van der Waals surface area contributed by atoms with Crippen molar-refractivity contribution < 1.29 is 9.63 Å². The molecule has 0 radical (unpaired) electrons. The van der Waals surface area contributed by atoms with E-state index in [1.807, 2.05) is 44.2 Å². The lowest BCUT2D eigenvalue weighted by atomic mass is 10.2. The monoisotopic (exact) mass is 317 g/mol. The largest absolute Gasteiger partial charge is 0.441 e. The van der Waals surface area contributed by atoms with Crippen molar-refractivity contribution in [2.75, 3.05) is 19.6 Å². The van der Waals surface area contributed by atoms with E-state index in [2.05, 4.69) is 16.6 Å². The molecule has 2 rings (SSSR count). The Bertz CT molecular complexity index is 691. The lowest BCUT2D eigenvalue weighted by Gasteiger charge is -2.23. The minimum atomic E-state index is -0.700. The highest BCUT2D eigenvalue weighted by molar-refractivity contribution is 5.54. The summed E-state index contributed by atoms with van der Waals surface area (Å²) in [6, 6.07) is 9.30. The Morgan fingerprint density at radius 2 is 2.13 bits per heavy atom. The predicted molar refractivity (Wildman–Crippen MR) is 89.1 cm³/mol. The van der Waals surface area contributed by atoms with Gasteiger partial charge in [0.25, 0.3) is 0 Å². The normalized spacial score (nSPS) is 12.5. The molecule has 2 aromatic rings. The van der Waals surface area contributed by atoms with Crippen LogP contribution in [-0.4, -0.2) is 45.5 Å². The maximum atomic E-state index is 11.9. The van der Waals surface area contributed by atoms with Crippen molar-refractivity contribution in [1.82, 2.24) is 14.6 Å². The van der Waals surface area contributed by atoms with Crippen LogP contribution in [0.4, 0.5) is 0 Å². The molecule has 0 aliphatic heterocycles. The van der Waals surface area contributed by atoms with Crippen molar-refractivity contribution in [2.45, 2.75) is 26.5 Å². The van der Waals surface area contributed by atoms with Crippen LogP contribution in [0.15, 0.2) is 51.8 Å². The fourth-order valence-corrected chi connectivity index (χ4v) is 2.48. The molecule has 1 aromatic heterocycles. The van der Waals surface area contributed by atoms with E-state index >= 15 is 0 Å². The molecule has 0 bridgehead atoms. The lowest BCUT2D eigenvalue weighted by molar-refractivity contribution is 0.103. The maximum absolute atomic E-state index is 11.9. The van der Waals surface area contributed by atoms with Crippen molar-refractivity contribution in [3.8, 4) is 11.4 Å². The van der Waals surface area contributed by atoms with Crippen LogP contribution in [0.25, 0.3) is 11.4 Å². The number of likely N-dealkylation sites (N-methyl/N-ethyl adjacent to an activating group) is 1. The SMILES string of the molecule is C=C(C)CN(CC)CC(O)Cn1c(-c2ccccc2)noc1=O. The molecule has 23 heavy (non-hydrogen) atoms. The second kappa shape index (κ2) is 7.89. The van der Waals surface area contributed by atoms with Crippen LogP contribution >= 0.6 is 0 Å². The maximum Gasteiger partial charge on any atom is 0.441 e. The Labute approximate surface area is 135 Å². The summed E-state index contributed by atoms with van der Waals surface area (Å²) < 4.78 is 6.14. The quantitative estimate of drug-likeness (QED) is 0.751. The smallest absolute Gasteiger partial charge is 0.390 e. The van der Waals surface area contributed by atoms with Crippen LogP contribution < -0.4 is 5.76 Å². The number of aliphatic hydroxyl groups excluding tert-OH is 1. The first kappa shape index (κ1) is 17.2. The van der Waals surface area contributed by atoms with Gasteiger partial charge < -0.3 is 5.11 Å². The van der Waals surface area contributed by atoms with Gasteiger partial charge in [0, 0.05) is 18.7 Å². The standard InChI is InChI=1S/C17H23N3O3/c1-4-19(10-13(2)3)11-15(21)12-20-16(18-23-17(20)22)14-8-6-5-7-9-14/h5-9,15,21H,2,4,10-12H2,1,3H3. The highest BCUT2D eigenvalue weighted by atomic mass is 16.5. The first-order chi connectivity index (χ1) is 11.0. The van der Waals surface area contributed by atoms with E-state index < -0.39 is 11.9 Å². The summed E-state index contributed by atoms with van der Waals surface area (Å²) in [5.41, 5.74) is 1.81. The van der Waals surface area contributed by atoms with Gasteiger partial charge in [0.2, 0.25) is 0 Å². The average molecular weight is 317 g/mol. The Morgan fingerprint density at radius 1 is 1.43 bits per heavy atom. The first-order valence-corrected chi connectivity index (χ1v) is 7.68. The molecule has 1 unspecified atom stereocenters. The molecule has 1 heterocycles. The summed E-state index contributed by atoms with van der Waals surface area (Å²) in [5.74, 6) is -0.136. The molecule has 0 fully saturated rings. The highest BCUT2D eigenvalue weighted by Gasteiger charge is 2.17. The second-order valence-electron chi connectivity index (χ2n) is 5.69. The van der Waals surface area contributed by atoms with E-state index in [-0.39, 0.29) is 6.54 Å². The summed E-state index contributed by atoms with van der Waals surface area (Å²) in [6.07, 6.45) is -0.700. The summed E-state index contributed by atoms with van der Waals surface area (Å²) in [6.45, 7) is 9.98. The summed E-state index contributed by atoms with van der Waals surface area (Å²) >= 11 is 0. The zero-order chi connectivity index (χ0) is 16.8. The lowest BCUT2D eigenvalue weighted by Crippen LogP contribution is -2.37. The minimum Gasteiger partial charge on any atom is -0.390 e. The molecule has 0 aliphatic carbocycles. The molecule has 0 amide bonds. The van der Waals surface area contributed by atoms with E-state index in [1.54, 1.807) is 0 Å². The van der Waals surface area contributed by atoms with E-state index in [1.165, 1.54) is 4.57 Å². The van der Waals surface area contributed by atoms with Gasteiger partial charge in [0.05, 0.1) is 12.6 Å². The molecule has 1 atom stereocenters. The van der Waals surface area contributed by atoms with Crippen molar-refractivity contribution in [2.24, 2.45) is 0 Å². The second-order valence-corrected chi connectivity index (χ2v) is 5.69. The fraction of sp³-hybridized carbons (Fsp3) is 0.412. The molecule has 1 aromatic carbocycles. The Balaban J connectivity index is 2.12. The molecule has 1 N–H and O–H groups in total. The number of hydrogen-bond donors (Lipinski definition) is 1. The van der Waals surface area contributed by atoms with Gasteiger partial charge in [-0.2, -0.15) is 0 Å². The van der Waals surface area contributed by atoms with Crippen molar-refractivity contribution in [1.29, 1.82) is 0 Å². The summed E-state index contributed by atoms with van der Waals surface area (Å²) in [5, 5.41) is 14.2. The number of rotatable bonds is 8. The van der Waals surface area contributed by atoms with Crippen molar-refractivity contribution >= 4 is 0 Å². The van der Waals surface area contributed by atoms with Crippen LogP contribution in [0.1, 0.15) is 13.8 Å². The zero-order valence-corrected chi connectivity index (χ0v) is 13.6. The highest BCUT2D eigenvalue weighted by Crippen LogP contribution is 2.15. The third-order valence-corrected chi connectivity index (χ3v) is 3.52. The summed E-state index contributed by atoms with van der Waals surface area (Å²) in [4.78, 5) is 14.0. The molecule has 124 valence electrons. The number of hydrogen-bond acceptors (Lipinski definition) is 5. The van der Waals surface area contributed by atoms with Gasteiger partial charge in [-0.25, -0.2) is 4.79 Å². The molecular weight excluding hydrogens is 294 g/mol. The van der Waals surface area contributed by atoms with Gasteiger partial charge in [-0.3, -0.25) is 14.0 Å².